The van der Waals surface area contributed by atoms with E-state index in [-0.39, 0.29) is 0 Å². The SMILES string of the molecule is CSC(=S)[C@]1(c2cccnc2)CCCC[S@]1=O. The summed E-state index contributed by atoms with van der Waals surface area (Å²) in [5.41, 5.74) is 1.01. The number of rotatable bonds is 2. The van der Waals surface area contributed by atoms with Crippen LogP contribution in [0.15, 0.2) is 24.5 Å². The molecule has 1 fully saturated rings. The van der Waals surface area contributed by atoms with Crippen LogP contribution in [0.1, 0.15) is 24.8 Å². The van der Waals surface area contributed by atoms with Crippen LogP contribution in [0.4, 0.5) is 0 Å². The molecule has 5 heteroatoms. The predicted molar refractivity (Wildman–Crippen MR) is 78.9 cm³/mol. The van der Waals surface area contributed by atoms with Crippen molar-refractivity contribution < 1.29 is 4.21 Å². The minimum absolute atomic E-state index is 0.457. The third-order valence-electron chi connectivity index (χ3n) is 3.14. The van der Waals surface area contributed by atoms with Crippen LogP contribution < -0.4 is 0 Å². The lowest BCUT2D eigenvalue weighted by Crippen LogP contribution is -2.41. The maximum Gasteiger partial charge on any atom is 0.113 e. The Bertz CT molecular complexity index is 425. The van der Waals surface area contributed by atoms with Crippen LogP contribution in [0.2, 0.25) is 0 Å². The molecule has 1 aliphatic heterocycles. The average molecular weight is 285 g/mol. The fourth-order valence-corrected chi connectivity index (χ4v) is 5.58. The number of pyridine rings is 1. The second kappa shape index (κ2) is 5.59. The smallest absolute Gasteiger partial charge is 0.113 e. The largest absolute Gasteiger partial charge is 0.264 e. The van der Waals surface area contributed by atoms with E-state index in [1.807, 2.05) is 24.6 Å². The predicted octanol–water partition coefficient (Wildman–Crippen LogP) is 2.90. The van der Waals surface area contributed by atoms with Crippen molar-refractivity contribution in [3.63, 3.8) is 0 Å². The van der Waals surface area contributed by atoms with Crippen LogP contribution >= 0.6 is 24.0 Å². The molecule has 0 radical (unpaired) electrons. The summed E-state index contributed by atoms with van der Waals surface area (Å²) >= 11 is 7.03. The van der Waals surface area contributed by atoms with Crippen LogP contribution in [0.5, 0.6) is 0 Å². The number of hydrogen-bond acceptors (Lipinski definition) is 4. The molecule has 0 spiro atoms. The summed E-state index contributed by atoms with van der Waals surface area (Å²) in [7, 11) is -0.920. The van der Waals surface area contributed by atoms with Crippen molar-refractivity contribution in [1.29, 1.82) is 0 Å². The summed E-state index contributed by atoms with van der Waals surface area (Å²) in [4.78, 5) is 4.15. The second-order valence-corrected chi connectivity index (χ2v) is 7.35. The zero-order chi connectivity index (χ0) is 12.3. The van der Waals surface area contributed by atoms with Gasteiger partial charge in [-0.15, -0.1) is 11.8 Å². The Labute approximate surface area is 114 Å². The molecule has 2 nitrogen and oxygen atoms in total. The number of aromatic nitrogens is 1. The van der Waals surface area contributed by atoms with Crippen LogP contribution in [0.3, 0.4) is 0 Å². The summed E-state index contributed by atoms with van der Waals surface area (Å²) in [6.07, 6.45) is 8.51. The molecule has 1 saturated heterocycles. The molecule has 2 atom stereocenters. The van der Waals surface area contributed by atoms with E-state index in [4.69, 9.17) is 12.2 Å². The molecule has 2 rings (SSSR count). The Morgan fingerprint density at radius 2 is 2.41 bits per heavy atom. The van der Waals surface area contributed by atoms with Gasteiger partial charge in [0.2, 0.25) is 0 Å². The zero-order valence-corrected chi connectivity index (χ0v) is 12.2. The molecule has 92 valence electrons. The minimum Gasteiger partial charge on any atom is -0.264 e. The van der Waals surface area contributed by atoms with Crippen molar-refractivity contribution in [1.82, 2.24) is 4.98 Å². The van der Waals surface area contributed by atoms with E-state index in [0.717, 1.165) is 34.8 Å². The highest BCUT2D eigenvalue weighted by Gasteiger charge is 2.44. The molecule has 0 aliphatic carbocycles. The molecule has 0 bridgehead atoms. The first-order valence-corrected chi connectivity index (χ1v) is 8.54. The Morgan fingerprint density at radius 3 is 3.00 bits per heavy atom. The Kier molecular flexibility index (Phi) is 4.33. The van der Waals surface area contributed by atoms with Gasteiger partial charge in [0, 0.05) is 28.9 Å². The summed E-state index contributed by atoms with van der Waals surface area (Å²) in [5.74, 6) is 0.746. The van der Waals surface area contributed by atoms with Gasteiger partial charge >= 0.3 is 0 Å². The van der Waals surface area contributed by atoms with Gasteiger partial charge in [-0.2, -0.15) is 0 Å². The molecule has 1 aromatic heterocycles. The Hall–Kier alpha value is -0.260. The molecule has 0 unspecified atom stereocenters. The van der Waals surface area contributed by atoms with Crippen molar-refractivity contribution >= 4 is 39.0 Å². The highest BCUT2D eigenvalue weighted by atomic mass is 32.2. The van der Waals surface area contributed by atoms with Crippen molar-refractivity contribution in [3.8, 4) is 0 Å². The molecular weight excluding hydrogens is 270 g/mol. The molecular formula is C12H15NOS3. The van der Waals surface area contributed by atoms with E-state index >= 15 is 0 Å². The lowest BCUT2D eigenvalue weighted by Gasteiger charge is -2.36. The van der Waals surface area contributed by atoms with Gasteiger partial charge in [0.1, 0.15) is 4.75 Å². The molecule has 0 amide bonds. The maximum atomic E-state index is 12.5. The fourth-order valence-electron chi connectivity index (χ4n) is 2.25. The van der Waals surface area contributed by atoms with Gasteiger partial charge in [-0.05, 0) is 30.7 Å². The van der Waals surface area contributed by atoms with Crippen LogP contribution in [0, 0.1) is 0 Å². The number of thioether (sulfide) groups is 1. The van der Waals surface area contributed by atoms with Gasteiger partial charge in [-0.3, -0.25) is 9.19 Å². The first-order valence-electron chi connectivity index (χ1n) is 5.59. The standard InChI is InChI=1S/C12H15NOS3/c1-16-11(15)12(6-2-3-8-17(12)14)10-5-4-7-13-9-10/h4-5,7,9H,2-3,6,8H2,1H3/t12-,17-/m1/s1. The Morgan fingerprint density at radius 1 is 1.59 bits per heavy atom. The molecule has 2 heterocycles. The molecule has 1 aliphatic rings. The molecule has 17 heavy (non-hydrogen) atoms. The average Bonchev–Trinajstić information content (AvgIpc) is 2.39. The van der Waals surface area contributed by atoms with Crippen molar-refractivity contribution in [2.75, 3.05) is 12.0 Å². The quantitative estimate of drug-likeness (QED) is 0.782. The van der Waals surface area contributed by atoms with Crippen molar-refractivity contribution in [2.45, 2.75) is 24.0 Å². The highest BCUT2D eigenvalue weighted by molar-refractivity contribution is 8.24. The normalized spacial score (nSPS) is 28.9. The van der Waals surface area contributed by atoms with E-state index in [2.05, 4.69) is 4.98 Å². The van der Waals surface area contributed by atoms with E-state index in [9.17, 15) is 4.21 Å². The van der Waals surface area contributed by atoms with Gasteiger partial charge < -0.3 is 0 Å². The van der Waals surface area contributed by atoms with Gasteiger partial charge in [0.05, 0.1) is 4.20 Å². The molecule has 0 N–H and O–H groups in total. The van der Waals surface area contributed by atoms with E-state index < -0.39 is 15.5 Å². The number of hydrogen-bond donors (Lipinski definition) is 0. The Balaban J connectivity index is 2.50. The van der Waals surface area contributed by atoms with Gasteiger partial charge in [-0.1, -0.05) is 24.7 Å². The van der Waals surface area contributed by atoms with E-state index in [1.165, 1.54) is 11.8 Å². The topological polar surface area (TPSA) is 30.0 Å². The first kappa shape index (κ1) is 13.2. The van der Waals surface area contributed by atoms with Crippen molar-refractivity contribution in [3.05, 3.63) is 30.1 Å². The summed E-state index contributed by atoms with van der Waals surface area (Å²) < 4.78 is 12.9. The van der Waals surface area contributed by atoms with Gasteiger partial charge in [-0.25, -0.2) is 0 Å². The lowest BCUT2D eigenvalue weighted by molar-refractivity contribution is 0.583. The summed E-state index contributed by atoms with van der Waals surface area (Å²) in [6.45, 7) is 0. The maximum absolute atomic E-state index is 12.5. The lowest BCUT2D eigenvalue weighted by atomic mass is 9.95. The van der Waals surface area contributed by atoms with E-state index in [1.54, 1.807) is 6.20 Å². The summed E-state index contributed by atoms with van der Waals surface area (Å²) in [5, 5.41) is 0. The van der Waals surface area contributed by atoms with E-state index in [0.29, 0.717) is 0 Å². The van der Waals surface area contributed by atoms with Gasteiger partial charge in [0.25, 0.3) is 0 Å². The zero-order valence-electron chi connectivity index (χ0n) is 9.72. The highest BCUT2D eigenvalue weighted by Crippen LogP contribution is 2.41. The van der Waals surface area contributed by atoms with Gasteiger partial charge in [0.15, 0.2) is 0 Å². The number of thiocarbonyl (C=S) groups is 1. The monoisotopic (exact) mass is 285 g/mol. The van der Waals surface area contributed by atoms with Crippen LogP contribution in [-0.2, 0) is 15.5 Å². The molecule has 0 saturated carbocycles. The summed E-state index contributed by atoms with van der Waals surface area (Å²) in [6, 6.07) is 3.89. The second-order valence-electron chi connectivity index (χ2n) is 4.07. The molecule has 0 aromatic carbocycles. The van der Waals surface area contributed by atoms with Crippen LogP contribution in [-0.4, -0.2) is 25.4 Å². The third kappa shape index (κ3) is 2.33. The number of nitrogens with zero attached hydrogens (tertiary/aromatic N) is 1. The molecule has 1 aromatic rings. The minimum atomic E-state index is -0.920. The fraction of sp³-hybridized carbons (Fsp3) is 0.500. The first-order chi connectivity index (χ1) is 8.21. The van der Waals surface area contributed by atoms with Crippen LogP contribution in [0.25, 0.3) is 0 Å². The van der Waals surface area contributed by atoms with Crippen molar-refractivity contribution in [2.24, 2.45) is 0 Å². The third-order valence-corrected chi connectivity index (χ3v) is 7.05.